The van der Waals surface area contributed by atoms with Crippen molar-refractivity contribution in [3.63, 3.8) is 0 Å². The third-order valence-corrected chi connectivity index (χ3v) is 2.36. The van der Waals surface area contributed by atoms with E-state index in [-0.39, 0.29) is 5.44 Å². The fourth-order valence-corrected chi connectivity index (χ4v) is 1.76. The number of amides is 1. The van der Waals surface area contributed by atoms with E-state index in [4.69, 9.17) is 5.26 Å². The molecule has 0 saturated carbocycles. The first-order valence-corrected chi connectivity index (χ1v) is 4.03. The lowest BCUT2D eigenvalue weighted by Crippen LogP contribution is -2.37. The molecule has 0 aromatic carbocycles. The van der Waals surface area contributed by atoms with Crippen molar-refractivity contribution in [3.05, 3.63) is 0 Å². The summed E-state index contributed by atoms with van der Waals surface area (Å²) in [7, 11) is 0. The highest BCUT2D eigenvalue weighted by molar-refractivity contribution is 7.99. The third-order valence-electron chi connectivity index (χ3n) is 1.33. The van der Waals surface area contributed by atoms with Crippen LogP contribution in [-0.4, -0.2) is 40.8 Å². The molecule has 1 unspecified atom stereocenters. The number of thioether (sulfide) groups is 1. The van der Waals surface area contributed by atoms with Crippen LogP contribution < -0.4 is 0 Å². The van der Waals surface area contributed by atoms with Crippen molar-refractivity contribution in [3.8, 4) is 0 Å². The molecule has 1 aliphatic heterocycles. The zero-order valence-corrected chi connectivity index (χ0v) is 6.21. The maximum atomic E-state index is 10.2. The first-order valence-electron chi connectivity index (χ1n) is 2.98. The van der Waals surface area contributed by atoms with Gasteiger partial charge in [0.1, 0.15) is 0 Å². The van der Waals surface area contributed by atoms with Crippen LogP contribution in [0.15, 0.2) is 0 Å². The number of hydrogen-bond donors (Lipinski definition) is 1. The lowest BCUT2D eigenvalue weighted by Gasteiger charge is -2.26. The molecule has 5 heteroatoms. The van der Waals surface area contributed by atoms with Crippen LogP contribution in [-0.2, 0) is 9.68 Å². The van der Waals surface area contributed by atoms with Gasteiger partial charge in [-0.05, 0) is 0 Å². The normalized spacial score (nSPS) is 26.5. The van der Waals surface area contributed by atoms with Gasteiger partial charge >= 0.3 is 0 Å². The van der Waals surface area contributed by atoms with Crippen LogP contribution in [0.25, 0.3) is 0 Å². The van der Waals surface area contributed by atoms with Crippen LogP contribution >= 0.6 is 11.8 Å². The first-order chi connectivity index (χ1) is 4.86. The van der Waals surface area contributed by atoms with Crippen LogP contribution in [0.2, 0.25) is 0 Å². The molecule has 1 heterocycles. The van der Waals surface area contributed by atoms with Gasteiger partial charge in [0, 0.05) is 12.3 Å². The smallest absolute Gasteiger partial charge is 0.209 e. The van der Waals surface area contributed by atoms with E-state index >= 15 is 0 Å². The van der Waals surface area contributed by atoms with Crippen molar-refractivity contribution < 1.29 is 14.9 Å². The van der Waals surface area contributed by atoms with Crippen molar-refractivity contribution >= 4 is 18.2 Å². The van der Waals surface area contributed by atoms with Crippen molar-refractivity contribution in [2.24, 2.45) is 0 Å². The maximum absolute atomic E-state index is 10.2. The summed E-state index contributed by atoms with van der Waals surface area (Å²) in [6.07, 6.45) is 0.770. The Balaban J connectivity index is 2.31. The van der Waals surface area contributed by atoms with E-state index in [1.165, 1.54) is 11.8 Å². The van der Waals surface area contributed by atoms with Gasteiger partial charge in [0.2, 0.25) is 6.41 Å². The largest absolute Gasteiger partial charge is 0.341 e. The molecule has 0 aliphatic carbocycles. The Hall–Kier alpha value is -0.260. The monoisotopic (exact) mass is 163 g/mol. The maximum Gasteiger partial charge on any atom is 0.209 e. The van der Waals surface area contributed by atoms with E-state index in [1.54, 1.807) is 4.90 Å². The van der Waals surface area contributed by atoms with Crippen LogP contribution in [0.1, 0.15) is 0 Å². The number of nitrogens with zero attached hydrogens (tertiary/aromatic N) is 1. The highest BCUT2D eigenvalue weighted by Gasteiger charge is 2.19. The minimum atomic E-state index is -0.265. The Bertz CT molecular complexity index is 121. The van der Waals surface area contributed by atoms with Crippen LogP contribution in [0, 0.1) is 0 Å². The second kappa shape index (κ2) is 3.80. The van der Waals surface area contributed by atoms with E-state index < -0.39 is 0 Å². The second-order valence-electron chi connectivity index (χ2n) is 2.01. The summed E-state index contributed by atoms with van der Waals surface area (Å²) in [6, 6.07) is 0. The number of hydrogen-bond acceptors (Lipinski definition) is 4. The van der Waals surface area contributed by atoms with Gasteiger partial charge < -0.3 is 4.90 Å². The summed E-state index contributed by atoms with van der Waals surface area (Å²) in [4.78, 5) is 15.9. The van der Waals surface area contributed by atoms with Crippen LogP contribution in [0.5, 0.6) is 0 Å². The van der Waals surface area contributed by atoms with Crippen LogP contribution in [0.4, 0.5) is 0 Å². The Morgan fingerprint density at radius 2 is 2.60 bits per heavy atom. The highest BCUT2D eigenvalue weighted by atomic mass is 32.2. The molecule has 1 aliphatic rings. The van der Waals surface area contributed by atoms with Gasteiger partial charge in [-0.3, -0.25) is 10.1 Å². The molecule has 0 bridgehead atoms. The molecule has 4 nitrogen and oxygen atoms in total. The van der Waals surface area contributed by atoms with Gasteiger partial charge in [-0.15, -0.1) is 11.8 Å². The topological polar surface area (TPSA) is 49.8 Å². The molecule has 0 spiro atoms. The fraction of sp³-hybridized carbons (Fsp3) is 0.800. The molecule has 0 aromatic rings. The molecule has 1 amide bonds. The standard InChI is InChI=1S/C5H9NO3S/c7-4-6-1-2-10-5(3-6)9-8/h4-5,8H,1-3H2. The van der Waals surface area contributed by atoms with E-state index in [0.29, 0.717) is 6.54 Å². The summed E-state index contributed by atoms with van der Waals surface area (Å²) in [5, 5.41) is 8.24. The van der Waals surface area contributed by atoms with Crippen molar-refractivity contribution in [1.29, 1.82) is 0 Å². The SMILES string of the molecule is O=CN1CCSC(OO)C1. The van der Waals surface area contributed by atoms with E-state index in [1.807, 2.05) is 0 Å². The van der Waals surface area contributed by atoms with Crippen LogP contribution in [0.3, 0.4) is 0 Å². The summed E-state index contributed by atoms with van der Waals surface area (Å²) in [6.45, 7) is 1.22. The Morgan fingerprint density at radius 1 is 1.80 bits per heavy atom. The second-order valence-corrected chi connectivity index (χ2v) is 3.27. The molecule has 1 atom stereocenters. The predicted molar refractivity (Wildman–Crippen MR) is 37.6 cm³/mol. The molecule has 1 rings (SSSR count). The number of carbonyl (C=O) groups is 1. The van der Waals surface area contributed by atoms with Gasteiger partial charge in [0.05, 0.1) is 6.54 Å². The van der Waals surface area contributed by atoms with Gasteiger partial charge in [0.15, 0.2) is 5.44 Å². The summed E-state index contributed by atoms with van der Waals surface area (Å²) >= 11 is 1.51. The highest BCUT2D eigenvalue weighted by Crippen LogP contribution is 2.17. The zero-order valence-electron chi connectivity index (χ0n) is 5.40. The molecule has 10 heavy (non-hydrogen) atoms. The lowest BCUT2D eigenvalue weighted by atomic mass is 10.5. The van der Waals surface area contributed by atoms with Gasteiger partial charge in [-0.25, -0.2) is 4.89 Å². The minimum absolute atomic E-state index is 0.265. The van der Waals surface area contributed by atoms with Crippen molar-refractivity contribution in [2.45, 2.75) is 5.44 Å². The summed E-state index contributed by atoms with van der Waals surface area (Å²) in [5.41, 5.74) is -0.265. The van der Waals surface area contributed by atoms with Gasteiger partial charge in [-0.1, -0.05) is 0 Å². The molecule has 0 aromatic heterocycles. The Labute approximate surface area is 63.1 Å². The van der Waals surface area contributed by atoms with E-state index in [0.717, 1.165) is 18.7 Å². The molecule has 1 fully saturated rings. The Kier molecular flexibility index (Phi) is 2.98. The molecular weight excluding hydrogens is 154 g/mol. The quantitative estimate of drug-likeness (QED) is 0.354. The summed E-state index contributed by atoms with van der Waals surface area (Å²) < 4.78 is 0. The van der Waals surface area contributed by atoms with Gasteiger partial charge in [-0.2, -0.15) is 0 Å². The molecular formula is C5H9NO3S. The summed E-state index contributed by atoms with van der Waals surface area (Å²) in [5.74, 6) is 0.823. The first kappa shape index (κ1) is 7.84. The molecule has 0 radical (unpaired) electrons. The van der Waals surface area contributed by atoms with Gasteiger partial charge in [0.25, 0.3) is 0 Å². The number of carbonyl (C=O) groups excluding carboxylic acids is 1. The molecule has 1 saturated heterocycles. The van der Waals surface area contributed by atoms with Crippen molar-refractivity contribution in [2.75, 3.05) is 18.8 Å². The zero-order chi connectivity index (χ0) is 7.40. The Morgan fingerprint density at radius 3 is 3.20 bits per heavy atom. The van der Waals surface area contributed by atoms with E-state index in [9.17, 15) is 4.79 Å². The lowest BCUT2D eigenvalue weighted by molar-refractivity contribution is -0.256. The molecule has 1 N–H and O–H groups in total. The fourth-order valence-electron chi connectivity index (χ4n) is 0.796. The third kappa shape index (κ3) is 1.86. The number of rotatable bonds is 2. The minimum Gasteiger partial charge on any atom is -0.341 e. The predicted octanol–water partition coefficient (Wildman–Crippen LogP) is 0.00730. The van der Waals surface area contributed by atoms with Crippen molar-refractivity contribution in [1.82, 2.24) is 4.90 Å². The average molecular weight is 163 g/mol. The van der Waals surface area contributed by atoms with E-state index in [2.05, 4.69) is 4.89 Å². The molecule has 58 valence electrons. The average Bonchev–Trinajstić information content (AvgIpc) is 2.05.